The molecule has 0 bridgehead atoms. The molecule has 0 aromatic heterocycles. The molecule has 0 radical (unpaired) electrons. The van der Waals surface area contributed by atoms with Crippen molar-refractivity contribution in [3.05, 3.63) is 142 Å². The number of nitrogens with one attached hydrogen (secondary N) is 6. The maximum Gasteiger partial charge on any atom is 0.248 e. The highest BCUT2D eigenvalue weighted by Crippen LogP contribution is 2.21. The van der Waals surface area contributed by atoms with Crippen molar-refractivity contribution in [1.82, 2.24) is 31.9 Å². The van der Waals surface area contributed by atoms with E-state index in [0.29, 0.717) is 33.7 Å². The maximum atomic E-state index is 14.8. The molecule has 0 spiro atoms. The molecule has 9 atom stereocenters. The number of carbonyl (C=O) groups excluding carboxylic acids is 9. The molecule has 0 fully saturated rings. The lowest BCUT2D eigenvalue weighted by Crippen LogP contribution is -2.61. The fraction of sp³-hybridized carbons (Fsp3) is 0.375. The first-order chi connectivity index (χ1) is 37.6. The maximum absolute atomic E-state index is 14.8. The first kappa shape index (κ1) is 61.7. The van der Waals surface area contributed by atoms with E-state index in [-0.39, 0.29) is 75.0 Å². The lowest BCUT2D eigenvalue weighted by Gasteiger charge is -2.29. The van der Waals surface area contributed by atoms with Gasteiger partial charge in [0.05, 0.1) is 18.2 Å². The normalized spacial score (nSPS) is 20.9. The molecule has 1 heterocycles. The molecular formula is C56H69ClN10O12. The second kappa shape index (κ2) is 30.1. The molecule has 79 heavy (non-hydrogen) atoms. The molecule has 22 nitrogen and oxygen atoms in total. The monoisotopic (exact) mass is 1110 g/mol. The average Bonchev–Trinajstić information content (AvgIpc) is 3.41. The Morgan fingerprint density at radius 1 is 0.671 bits per heavy atom. The van der Waals surface area contributed by atoms with Crippen LogP contribution in [0.3, 0.4) is 0 Å². The number of aromatic hydroxyl groups is 2. The van der Waals surface area contributed by atoms with Gasteiger partial charge in [-0.2, -0.15) is 0 Å². The Bertz CT molecular complexity index is 2800. The van der Waals surface area contributed by atoms with Gasteiger partial charge in [-0.3, -0.25) is 43.2 Å². The number of Topliss-reactive ketones (excluding diaryl/α,β-unsaturated/α-hetero) is 1. The number of unbranched alkanes of at least 4 members (excludes halogenated alkanes) is 1. The number of benzene rings is 4. The van der Waals surface area contributed by atoms with E-state index in [2.05, 4.69) is 31.9 Å². The third-order valence-corrected chi connectivity index (χ3v) is 13.4. The van der Waals surface area contributed by atoms with Crippen LogP contribution in [-0.2, 0) is 64.0 Å². The number of carbonyl (C=O) groups is 9. The number of halogens is 1. The van der Waals surface area contributed by atoms with Crippen LogP contribution >= 0.6 is 11.6 Å². The van der Waals surface area contributed by atoms with Crippen molar-refractivity contribution >= 4 is 64.6 Å². The predicted octanol–water partition coefficient (Wildman–Crippen LogP) is 0.277. The van der Waals surface area contributed by atoms with E-state index in [4.69, 9.17) is 34.5 Å². The van der Waals surface area contributed by atoms with Crippen molar-refractivity contribution in [1.29, 1.82) is 0 Å². The molecule has 23 heteroatoms. The summed E-state index contributed by atoms with van der Waals surface area (Å²) in [5.41, 5.74) is 25.6. The summed E-state index contributed by atoms with van der Waals surface area (Å²) in [5, 5.41) is 47.1. The third kappa shape index (κ3) is 19.7. The van der Waals surface area contributed by atoms with E-state index in [0.717, 1.165) is 0 Å². The van der Waals surface area contributed by atoms with Gasteiger partial charge in [0, 0.05) is 35.8 Å². The van der Waals surface area contributed by atoms with E-state index in [1.54, 1.807) is 36.4 Å². The SMILES string of the molecule is C[C@@H](O)[C@@H]1NC(=O)[C@H](CCCCN)NC(=O)[C@@H](Cc2ccc(C(N)=O)cc2)NC(=O)[C@H](Cc2ccc(O)cc2)CC(=O)[C@@H](NC(=O)[C@@H](N)Cc2ccc(Cl)cc2)CC=CC[C@@H](C(=O)N[C@H](Cc2ccc(O)cc2)C(N)=O)NC1=O. The minimum absolute atomic E-state index is 0.0393. The van der Waals surface area contributed by atoms with Crippen molar-refractivity contribution in [2.75, 3.05) is 6.54 Å². The molecule has 422 valence electrons. The Balaban J connectivity index is 1.60. The quantitative estimate of drug-likeness (QED) is 0.0443. The number of ketones is 1. The zero-order valence-electron chi connectivity index (χ0n) is 43.6. The Labute approximate surface area is 461 Å². The van der Waals surface area contributed by atoms with Crippen molar-refractivity contribution in [2.24, 2.45) is 28.9 Å². The van der Waals surface area contributed by atoms with Crippen LogP contribution in [0, 0.1) is 5.92 Å². The van der Waals surface area contributed by atoms with Gasteiger partial charge in [0.1, 0.15) is 41.7 Å². The Morgan fingerprint density at radius 2 is 1.22 bits per heavy atom. The lowest BCUT2D eigenvalue weighted by molar-refractivity contribution is -0.137. The third-order valence-electron chi connectivity index (χ3n) is 13.2. The highest BCUT2D eigenvalue weighted by atomic mass is 35.5. The fourth-order valence-corrected chi connectivity index (χ4v) is 8.76. The van der Waals surface area contributed by atoms with Gasteiger partial charge >= 0.3 is 0 Å². The number of nitrogens with two attached hydrogens (primary N) is 4. The number of hydrogen-bond acceptors (Lipinski definition) is 14. The molecule has 0 aliphatic carbocycles. The van der Waals surface area contributed by atoms with E-state index in [1.165, 1.54) is 79.7 Å². The lowest BCUT2D eigenvalue weighted by atomic mass is 9.89. The van der Waals surface area contributed by atoms with Crippen LogP contribution in [0.5, 0.6) is 11.5 Å². The van der Waals surface area contributed by atoms with Gasteiger partial charge in [-0.1, -0.05) is 72.3 Å². The number of rotatable bonds is 19. The van der Waals surface area contributed by atoms with Crippen LogP contribution in [0.25, 0.3) is 0 Å². The number of primary amides is 2. The highest BCUT2D eigenvalue weighted by molar-refractivity contribution is 6.30. The van der Waals surface area contributed by atoms with E-state index >= 15 is 0 Å². The molecule has 1 aliphatic rings. The summed E-state index contributed by atoms with van der Waals surface area (Å²) in [6.45, 7) is 1.42. The van der Waals surface area contributed by atoms with Gasteiger partial charge < -0.3 is 70.2 Å². The van der Waals surface area contributed by atoms with Gasteiger partial charge in [0.2, 0.25) is 47.3 Å². The van der Waals surface area contributed by atoms with Gasteiger partial charge in [0.25, 0.3) is 0 Å². The van der Waals surface area contributed by atoms with Crippen LogP contribution < -0.4 is 54.8 Å². The second-order valence-electron chi connectivity index (χ2n) is 19.5. The minimum Gasteiger partial charge on any atom is -0.508 e. The van der Waals surface area contributed by atoms with Crippen LogP contribution in [0.15, 0.2) is 109 Å². The number of phenols is 2. The average molecular weight is 1110 g/mol. The fourth-order valence-electron chi connectivity index (χ4n) is 8.63. The Hall–Kier alpha value is -8.18. The van der Waals surface area contributed by atoms with Gasteiger partial charge in [-0.25, -0.2) is 0 Å². The molecule has 4 aromatic rings. The van der Waals surface area contributed by atoms with E-state index in [1.807, 2.05) is 0 Å². The Kier molecular flexibility index (Phi) is 23.5. The largest absolute Gasteiger partial charge is 0.508 e. The van der Waals surface area contributed by atoms with Crippen molar-refractivity contribution in [3.8, 4) is 11.5 Å². The topological polar surface area (TPSA) is 391 Å². The smallest absolute Gasteiger partial charge is 0.248 e. The highest BCUT2D eigenvalue weighted by Gasteiger charge is 2.36. The minimum atomic E-state index is -1.76. The zero-order chi connectivity index (χ0) is 57.8. The summed E-state index contributed by atoms with van der Waals surface area (Å²) in [6, 6.07) is 14.0. The van der Waals surface area contributed by atoms with Crippen molar-refractivity contribution < 1.29 is 58.5 Å². The number of hydrogen-bond donors (Lipinski definition) is 13. The number of aliphatic hydroxyl groups is 1. The van der Waals surface area contributed by atoms with Crippen LogP contribution in [0.4, 0.5) is 0 Å². The molecular weight excluding hydrogens is 1040 g/mol. The van der Waals surface area contributed by atoms with Gasteiger partial charge in [0.15, 0.2) is 5.78 Å². The first-order valence-electron chi connectivity index (χ1n) is 25.7. The summed E-state index contributed by atoms with van der Waals surface area (Å²) in [6.07, 6.45) is 0.313. The van der Waals surface area contributed by atoms with Crippen LogP contribution in [-0.4, -0.2) is 123 Å². The number of amides is 8. The molecule has 5 rings (SSSR count). The molecule has 4 aromatic carbocycles. The van der Waals surface area contributed by atoms with E-state index < -0.39 is 114 Å². The number of aliphatic hydroxyl groups excluding tert-OH is 1. The summed E-state index contributed by atoms with van der Waals surface area (Å²) in [7, 11) is 0. The van der Waals surface area contributed by atoms with Crippen LogP contribution in [0.1, 0.15) is 78.1 Å². The Morgan fingerprint density at radius 3 is 1.81 bits per heavy atom. The molecule has 1 aliphatic heterocycles. The molecule has 0 saturated heterocycles. The van der Waals surface area contributed by atoms with Crippen molar-refractivity contribution in [3.63, 3.8) is 0 Å². The summed E-state index contributed by atoms with van der Waals surface area (Å²) in [4.78, 5) is 125. The molecule has 8 amide bonds. The summed E-state index contributed by atoms with van der Waals surface area (Å²) >= 11 is 6.07. The molecule has 0 saturated carbocycles. The zero-order valence-corrected chi connectivity index (χ0v) is 44.3. The predicted molar refractivity (Wildman–Crippen MR) is 292 cm³/mol. The van der Waals surface area contributed by atoms with Gasteiger partial charge in [-0.15, -0.1) is 0 Å². The molecule has 0 unspecified atom stereocenters. The number of phenolic OH excluding ortho intramolecular Hbond substituents is 2. The first-order valence-corrected chi connectivity index (χ1v) is 26.1. The van der Waals surface area contributed by atoms with E-state index in [9.17, 15) is 58.5 Å². The standard InChI is InChI=1S/C56H69ClN10O12/c1-31(68)48-56(79)64-43(53(76)65-45(50(61)73)28-35-15-23-40(70)24-16-35)7-3-2-6-42(62-52(75)41(59)27-33-11-19-38(57)20-12-33)47(71)30-37(26-32-13-21-39(69)22-14-32)51(74)66-46(29-34-9-17-36(18-10-34)49(60)72)55(78)63-44(54(77)67-48)8-4-5-25-58/h2-3,9-24,31,37,41-46,48,68-70H,4-8,25-30,58-59H2,1H3,(H2,60,72)(H2,61,73)(H,62,75)(H,63,78)(H,64,79)(H,65,76)(H,66,74)(H,67,77)/t31-,37-,41+,42+,43+,44+,45-,46-,48+/m1/s1. The summed E-state index contributed by atoms with van der Waals surface area (Å²) in [5.74, 6) is -9.06. The molecule has 17 N–H and O–H groups in total. The summed E-state index contributed by atoms with van der Waals surface area (Å²) < 4.78 is 0. The van der Waals surface area contributed by atoms with Crippen LogP contribution in [0.2, 0.25) is 5.02 Å². The van der Waals surface area contributed by atoms with Gasteiger partial charge in [-0.05, 0) is 129 Å². The second-order valence-corrected chi connectivity index (χ2v) is 19.9. The van der Waals surface area contributed by atoms with Crippen molar-refractivity contribution in [2.45, 2.75) is 120 Å².